The molecule has 3 fully saturated rings. The van der Waals surface area contributed by atoms with Gasteiger partial charge in [-0.05, 0) is 61.8 Å². The van der Waals surface area contributed by atoms with Gasteiger partial charge in [-0.25, -0.2) is 4.90 Å². The highest BCUT2D eigenvalue weighted by Gasteiger charge is 2.70. The second kappa shape index (κ2) is 7.81. The van der Waals surface area contributed by atoms with Gasteiger partial charge in [0, 0.05) is 22.3 Å². The Hall–Kier alpha value is -3.38. The Labute approximate surface area is 212 Å². The van der Waals surface area contributed by atoms with E-state index in [0.717, 1.165) is 53.8 Å². The molecule has 7 rings (SSSR count). The molecular weight excluding hydrogens is 478 g/mol. The summed E-state index contributed by atoms with van der Waals surface area (Å²) in [6, 6.07) is 7.97. The van der Waals surface area contributed by atoms with Gasteiger partial charge >= 0.3 is 0 Å². The number of nitrogens with zero attached hydrogens (tertiary/aromatic N) is 3. The normalized spacial score (nSPS) is 31.5. The summed E-state index contributed by atoms with van der Waals surface area (Å²) >= 11 is 1.46. The fourth-order valence-corrected chi connectivity index (χ4v) is 8.73. The van der Waals surface area contributed by atoms with Crippen molar-refractivity contribution in [3.8, 4) is 17.6 Å². The Morgan fingerprint density at radius 3 is 2.56 bits per heavy atom. The average Bonchev–Trinajstić information content (AvgIpc) is 3.69. The molecule has 6 atom stereocenters. The van der Waals surface area contributed by atoms with Crippen molar-refractivity contribution in [2.75, 3.05) is 19.1 Å². The fourth-order valence-electron chi connectivity index (χ4n) is 7.38. The third-order valence-corrected chi connectivity index (χ3v) is 10.1. The summed E-state index contributed by atoms with van der Waals surface area (Å²) in [5, 5.41) is 14.9. The zero-order valence-electron chi connectivity index (χ0n) is 20.0. The van der Waals surface area contributed by atoms with Crippen molar-refractivity contribution in [2.45, 2.75) is 38.2 Å². The molecule has 36 heavy (non-hydrogen) atoms. The summed E-state index contributed by atoms with van der Waals surface area (Å²) in [6.45, 7) is 0. The molecule has 2 amide bonds. The maximum absolute atomic E-state index is 13.9. The van der Waals surface area contributed by atoms with Gasteiger partial charge in [-0.2, -0.15) is 5.26 Å². The zero-order chi connectivity index (χ0) is 24.7. The van der Waals surface area contributed by atoms with Crippen molar-refractivity contribution in [3.63, 3.8) is 0 Å². The molecule has 8 nitrogen and oxygen atoms in total. The highest BCUT2D eigenvalue weighted by atomic mass is 32.1. The molecule has 1 aromatic heterocycles. The number of oxime groups is 1. The van der Waals surface area contributed by atoms with E-state index in [2.05, 4.69) is 11.2 Å². The monoisotopic (exact) mass is 503 g/mol. The molecule has 3 heterocycles. The zero-order valence-corrected chi connectivity index (χ0v) is 20.8. The first-order chi connectivity index (χ1) is 17.6. The van der Waals surface area contributed by atoms with Crippen molar-refractivity contribution in [2.24, 2.45) is 34.7 Å². The van der Waals surface area contributed by atoms with Gasteiger partial charge in [-0.1, -0.05) is 5.16 Å². The van der Waals surface area contributed by atoms with E-state index >= 15 is 0 Å². The van der Waals surface area contributed by atoms with Crippen molar-refractivity contribution in [3.05, 3.63) is 39.8 Å². The molecular formula is C27H25N3O5S. The predicted octanol–water partition coefficient (Wildman–Crippen LogP) is 3.69. The maximum Gasteiger partial charge on any atom is 0.238 e. The van der Waals surface area contributed by atoms with Crippen LogP contribution in [-0.2, 0) is 27.3 Å². The number of anilines is 1. The van der Waals surface area contributed by atoms with Gasteiger partial charge in [-0.15, -0.1) is 11.3 Å². The average molecular weight is 504 g/mol. The molecule has 2 aliphatic heterocycles. The number of thiophene rings is 1. The standard InChI is InChI=1S/C27H25N3O5S/c1-33-17-8-7-12(9-18(17)34-2)23-22-14-10-15(24(22)35-29-23)21-20(14)25(31)30(26(21)32)27-16(11-28)13-5-3-4-6-19(13)36-27/h7-9,14-15,20-22,24H,3-6,10H2,1-2H3/t14-,15+,20+,21-,22+,24+/m1/s1. The third kappa shape index (κ3) is 2.71. The number of amides is 2. The van der Waals surface area contributed by atoms with Gasteiger partial charge in [0.05, 0.1) is 37.3 Å². The van der Waals surface area contributed by atoms with Crippen LogP contribution in [0.25, 0.3) is 0 Å². The summed E-state index contributed by atoms with van der Waals surface area (Å²) in [6.07, 6.45) is 4.41. The lowest BCUT2D eigenvalue weighted by molar-refractivity contribution is -0.125. The summed E-state index contributed by atoms with van der Waals surface area (Å²) in [5.41, 5.74) is 3.23. The Kier molecular flexibility index (Phi) is 4.74. The number of hydrogen-bond donors (Lipinski definition) is 0. The second-order valence-corrected chi connectivity index (χ2v) is 11.4. The van der Waals surface area contributed by atoms with Gasteiger partial charge in [0.2, 0.25) is 11.8 Å². The lowest BCUT2D eigenvalue weighted by Gasteiger charge is -2.29. The Morgan fingerprint density at radius 1 is 1.06 bits per heavy atom. The van der Waals surface area contributed by atoms with Crippen LogP contribution in [0.15, 0.2) is 23.4 Å². The fraction of sp³-hybridized carbons (Fsp3) is 0.481. The molecule has 2 aromatic rings. The van der Waals surface area contributed by atoms with E-state index in [-0.39, 0.29) is 35.7 Å². The summed E-state index contributed by atoms with van der Waals surface area (Å²) < 4.78 is 10.8. The molecule has 5 aliphatic rings. The summed E-state index contributed by atoms with van der Waals surface area (Å²) in [5.74, 6) is -0.0581. The highest BCUT2D eigenvalue weighted by molar-refractivity contribution is 7.17. The number of carbonyl (C=O) groups excluding carboxylic acids is 2. The number of benzene rings is 1. The minimum absolute atomic E-state index is 0.0269. The number of methoxy groups -OCH3 is 2. The van der Waals surface area contributed by atoms with Gasteiger partial charge in [0.1, 0.15) is 17.2 Å². The van der Waals surface area contributed by atoms with Crippen LogP contribution >= 0.6 is 11.3 Å². The second-order valence-electron chi connectivity index (χ2n) is 10.3. The smallest absolute Gasteiger partial charge is 0.238 e. The van der Waals surface area contributed by atoms with Crippen molar-refractivity contribution in [1.29, 1.82) is 5.26 Å². The van der Waals surface area contributed by atoms with Crippen LogP contribution in [0.3, 0.4) is 0 Å². The maximum atomic E-state index is 13.9. The van der Waals surface area contributed by atoms with E-state index in [0.29, 0.717) is 22.1 Å². The van der Waals surface area contributed by atoms with E-state index in [9.17, 15) is 14.9 Å². The molecule has 9 heteroatoms. The van der Waals surface area contributed by atoms with Gasteiger partial charge in [-0.3, -0.25) is 9.59 Å². The Morgan fingerprint density at radius 2 is 1.81 bits per heavy atom. The molecule has 2 bridgehead atoms. The topological polar surface area (TPSA) is 101 Å². The van der Waals surface area contributed by atoms with Crippen LogP contribution in [-0.4, -0.2) is 37.8 Å². The first-order valence-corrected chi connectivity index (χ1v) is 13.3. The molecule has 1 aromatic carbocycles. The van der Waals surface area contributed by atoms with Gasteiger partial charge in [0.15, 0.2) is 11.5 Å². The van der Waals surface area contributed by atoms with Crippen molar-refractivity contribution >= 4 is 33.9 Å². The number of imide groups is 1. The molecule has 0 spiro atoms. The van der Waals surface area contributed by atoms with Crippen LogP contribution in [0.2, 0.25) is 0 Å². The van der Waals surface area contributed by atoms with E-state index < -0.39 is 11.8 Å². The molecule has 0 unspecified atom stereocenters. The molecule has 3 aliphatic carbocycles. The predicted molar refractivity (Wildman–Crippen MR) is 131 cm³/mol. The molecule has 2 saturated carbocycles. The quantitative estimate of drug-likeness (QED) is 0.590. The van der Waals surface area contributed by atoms with E-state index in [1.807, 2.05) is 18.2 Å². The minimum Gasteiger partial charge on any atom is -0.493 e. The minimum atomic E-state index is -0.408. The first-order valence-electron chi connectivity index (χ1n) is 12.5. The number of hydrogen-bond acceptors (Lipinski definition) is 8. The van der Waals surface area contributed by atoms with Gasteiger partial charge < -0.3 is 14.3 Å². The van der Waals surface area contributed by atoms with Crippen LogP contribution < -0.4 is 14.4 Å². The molecule has 1 saturated heterocycles. The molecule has 0 N–H and O–H groups in total. The molecule has 184 valence electrons. The lowest BCUT2D eigenvalue weighted by atomic mass is 9.71. The Balaban J connectivity index is 1.23. The largest absolute Gasteiger partial charge is 0.493 e. The number of rotatable bonds is 4. The first kappa shape index (κ1) is 21.9. The third-order valence-electron chi connectivity index (χ3n) is 8.84. The van der Waals surface area contributed by atoms with E-state index in [1.165, 1.54) is 16.2 Å². The summed E-state index contributed by atoms with van der Waals surface area (Å²) in [4.78, 5) is 36.0. The van der Waals surface area contributed by atoms with Crippen LogP contribution in [0, 0.1) is 40.9 Å². The number of nitriles is 1. The van der Waals surface area contributed by atoms with Crippen LogP contribution in [0.1, 0.15) is 40.8 Å². The van der Waals surface area contributed by atoms with Gasteiger partial charge in [0.25, 0.3) is 0 Å². The van der Waals surface area contributed by atoms with Crippen molar-refractivity contribution < 1.29 is 23.9 Å². The summed E-state index contributed by atoms with van der Waals surface area (Å²) in [7, 11) is 3.19. The Bertz CT molecular complexity index is 1390. The number of aryl methyl sites for hydroxylation is 1. The van der Waals surface area contributed by atoms with E-state index in [4.69, 9.17) is 14.3 Å². The van der Waals surface area contributed by atoms with Crippen molar-refractivity contribution in [1.82, 2.24) is 0 Å². The lowest BCUT2D eigenvalue weighted by Crippen LogP contribution is -2.41. The van der Waals surface area contributed by atoms with E-state index in [1.54, 1.807) is 14.2 Å². The van der Waals surface area contributed by atoms with Crippen LogP contribution in [0.4, 0.5) is 5.00 Å². The number of carbonyl (C=O) groups is 2. The number of ether oxygens (including phenoxy) is 2. The SMILES string of the molecule is COc1ccc(C2=NO[C@H]3[C@H]4C[C@@H]([C@@H]23)[C@@H]2C(=O)N(c3sc5c(c3C#N)CCCC5)C(=O)[C@H]42)cc1OC. The van der Waals surface area contributed by atoms with Crippen LogP contribution in [0.5, 0.6) is 11.5 Å². The molecule has 0 radical (unpaired) electrons. The highest BCUT2D eigenvalue weighted by Crippen LogP contribution is 2.62. The number of fused-ring (bicyclic) bond motifs is 9.